The van der Waals surface area contributed by atoms with Gasteiger partial charge in [0.25, 0.3) is 0 Å². The van der Waals surface area contributed by atoms with Gasteiger partial charge in [0.1, 0.15) is 0 Å². The van der Waals surface area contributed by atoms with Crippen molar-refractivity contribution in [3.8, 4) is 0 Å². The molecular weight excluding hydrogens is 112 g/mol. The summed E-state index contributed by atoms with van der Waals surface area (Å²) in [6, 6.07) is 0. The molecule has 1 saturated carbocycles. The van der Waals surface area contributed by atoms with Gasteiger partial charge in [0.05, 0.1) is 7.45 Å². The molecule has 1 rings (SSSR count). The lowest BCUT2D eigenvalue weighted by Crippen LogP contribution is -2.17. The molecule has 1 fully saturated rings. The Bertz CT molecular complexity index is 357. The van der Waals surface area contributed by atoms with Crippen molar-refractivity contribution >= 4 is 0 Å². The summed E-state index contributed by atoms with van der Waals surface area (Å²) >= 11 is 0. The zero-order valence-corrected chi connectivity index (χ0v) is 5.15. The fraction of sp³-hybridized carbons (Fsp3) is 1.00. The molecule has 0 aliphatic heterocycles. The van der Waals surface area contributed by atoms with Crippen molar-refractivity contribution in [1.82, 2.24) is 0 Å². The van der Waals surface area contributed by atoms with Crippen molar-refractivity contribution in [1.29, 1.82) is 0 Å². The lowest BCUT2D eigenvalue weighted by atomic mass is 9.86. The molecule has 1 heteroatoms. The Morgan fingerprint density at radius 1 is 1.56 bits per heavy atom. The molecule has 0 unspecified atom stereocenters. The quantitative estimate of drug-likeness (QED) is 0.587. The maximum absolute atomic E-state index is 9.78. The van der Waals surface area contributed by atoms with Gasteiger partial charge in [-0.05, 0) is 31.4 Å². The smallest absolute Gasteiger partial charge is 0.0600 e. The Morgan fingerprint density at radius 2 is 2.11 bits per heavy atom. The normalized spacial score (nSPS) is 91.8. The Hall–Kier alpha value is -0.0400. The predicted octanol–water partition coefficient (Wildman–Crippen LogP) is 1.95. The van der Waals surface area contributed by atoms with Gasteiger partial charge in [-0.1, -0.05) is 13.3 Å². The van der Waals surface area contributed by atoms with E-state index in [4.69, 9.17) is 13.7 Å². The SMILES string of the molecule is [2H]C1([2H])C([2H])([2H])C([2H])(CC)C([2H])([2H])C([2H])([2H])C1([2H])O. The molecule has 0 heterocycles. The number of rotatable bonds is 1. The lowest BCUT2D eigenvalue weighted by Gasteiger charge is -2.23. The number of hydrogen-bond donors (Lipinski definition) is 1. The van der Waals surface area contributed by atoms with E-state index in [9.17, 15) is 5.11 Å². The van der Waals surface area contributed by atoms with Crippen molar-refractivity contribution < 1.29 is 18.8 Å². The molecule has 54 valence electrons. The second kappa shape index (κ2) is 3.21. The van der Waals surface area contributed by atoms with Crippen LogP contribution < -0.4 is 0 Å². The molecule has 1 aliphatic rings. The second-order valence-corrected chi connectivity index (χ2v) is 1.68. The van der Waals surface area contributed by atoms with E-state index in [0.717, 1.165) is 0 Å². The molecule has 0 atom stereocenters. The van der Waals surface area contributed by atoms with Crippen LogP contribution in [-0.4, -0.2) is 11.2 Å². The van der Waals surface area contributed by atoms with Gasteiger partial charge in [-0.2, -0.15) is 0 Å². The van der Waals surface area contributed by atoms with Crippen molar-refractivity contribution in [3.63, 3.8) is 0 Å². The third kappa shape index (κ3) is 1.98. The van der Waals surface area contributed by atoms with E-state index in [-0.39, 0.29) is 0 Å². The number of aliphatic hydroxyl groups is 1. The largest absolute Gasteiger partial charge is 0.393 e. The highest BCUT2D eigenvalue weighted by atomic mass is 16.3. The maximum atomic E-state index is 9.78. The van der Waals surface area contributed by atoms with Crippen molar-refractivity contribution in [3.05, 3.63) is 0 Å². The molecule has 0 bridgehead atoms. The molecule has 0 aromatic heterocycles. The summed E-state index contributed by atoms with van der Waals surface area (Å²) in [6.45, 7) is 1.24. The van der Waals surface area contributed by atoms with Crippen LogP contribution in [0.25, 0.3) is 0 Å². The van der Waals surface area contributed by atoms with E-state index >= 15 is 0 Å². The predicted molar refractivity (Wildman–Crippen MR) is 38.3 cm³/mol. The average Bonchev–Trinajstić information content (AvgIpc) is 2.24. The minimum atomic E-state index is -3.66. The monoisotopic (exact) mass is 138 g/mol. The van der Waals surface area contributed by atoms with Gasteiger partial charge in [0.15, 0.2) is 0 Å². The van der Waals surface area contributed by atoms with E-state index in [1.807, 2.05) is 0 Å². The summed E-state index contributed by atoms with van der Waals surface area (Å²) in [4.78, 5) is 0. The minimum absolute atomic E-state index is 0.512. The molecular formula is C8H16O. The van der Waals surface area contributed by atoms with Crippen LogP contribution in [0.4, 0.5) is 0 Å². The Morgan fingerprint density at radius 3 is 2.56 bits per heavy atom. The van der Waals surface area contributed by atoms with Gasteiger partial charge in [-0.25, -0.2) is 0 Å². The molecule has 0 amide bonds. The maximum Gasteiger partial charge on any atom is 0.0600 e. The van der Waals surface area contributed by atoms with Crippen LogP contribution in [0.5, 0.6) is 0 Å². The van der Waals surface area contributed by atoms with Crippen LogP contribution in [0.2, 0.25) is 0 Å². The van der Waals surface area contributed by atoms with Crippen LogP contribution in [0.3, 0.4) is 0 Å². The summed E-state index contributed by atoms with van der Waals surface area (Å²) in [5, 5.41) is 9.78. The van der Waals surface area contributed by atoms with Crippen LogP contribution in [-0.2, 0) is 0 Å². The van der Waals surface area contributed by atoms with Crippen LogP contribution in [0, 0.1) is 5.89 Å². The average molecular weight is 138 g/mol. The molecule has 0 aromatic carbocycles. The third-order valence-electron chi connectivity index (χ3n) is 1.02. The van der Waals surface area contributed by atoms with Gasteiger partial charge in [-0.3, -0.25) is 0 Å². The van der Waals surface area contributed by atoms with E-state index in [1.54, 1.807) is 0 Å². The highest BCUT2D eigenvalue weighted by Gasteiger charge is 2.16. The van der Waals surface area contributed by atoms with E-state index < -0.39 is 43.9 Å². The van der Waals surface area contributed by atoms with E-state index in [2.05, 4.69) is 0 Å². The Kier molecular flexibility index (Phi) is 0.563. The highest BCUT2D eigenvalue weighted by molar-refractivity contribution is 4.69. The van der Waals surface area contributed by atoms with Crippen molar-refractivity contribution in [2.45, 2.75) is 44.9 Å². The lowest BCUT2D eigenvalue weighted by molar-refractivity contribution is 0.108. The van der Waals surface area contributed by atoms with E-state index in [1.165, 1.54) is 6.92 Å². The summed E-state index contributed by atoms with van der Waals surface area (Å²) in [6.07, 6.45) is -17.6. The first-order chi connectivity index (χ1) is 8.06. The molecule has 1 aliphatic carbocycles. The fourth-order valence-corrected chi connectivity index (χ4v) is 0.509. The summed E-state index contributed by atoms with van der Waals surface area (Å²) < 4.78 is 76.3. The van der Waals surface area contributed by atoms with Gasteiger partial charge >= 0.3 is 0 Å². The topological polar surface area (TPSA) is 20.2 Å². The zero-order valence-electron chi connectivity index (χ0n) is 15.2. The van der Waals surface area contributed by atoms with Crippen molar-refractivity contribution in [2.24, 2.45) is 5.89 Å². The first-order valence-corrected chi connectivity index (χ1v) is 2.78. The fourth-order valence-electron chi connectivity index (χ4n) is 0.509. The van der Waals surface area contributed by atoms with Crippen LogP contribution >= 0.6 is 0 Å². The van der Waals surface area contributed by atoms with Gasteiger partial charge in [-0.15, -0.1) is 0 Å². The van der Waals surface area contributed by atoms with Gasteiger partial charge in [0, 0.05) is 12.3 Å². The van der Waals surface area contributed by atoms with Crippen LogP contribution in [0.15, 0.2) is 0 Å². The second-order valence-electron chi connectivity index (χ2n) is 1.68. The molecule has 1 N–H and O–H groups in total. The summed E-state index contributed by atoms with van der Waals surface area (Å²) in [5.74, 6) is -2.78. The highest BCUT2D eigenvalue weighted by Crippen LogP contribution is 2.25. The minimum Gasteiger partial charge on any atom is -0.393 e. The molecule has 9 heavy (non-hydrogen) atoms. The Labute approximate surface area is 71.1 Å². The molecule has 0 spiro atoms. The first-order valence-electron chi connectivity index (χ1n) is 7.78. The molecule has 0 radical (unpaired) electrons. The summed E-state index contributed by atoms with van der Waals surface area (Å²) in [5.41, 5.74) is 0. The van der Waals surface area contributed by atoms with Gasteiger partial charge in [0.2, 0.25) is 0 Å². The molecule has 0 saturated heterocycles. The molecule has 1 nitrogen and oxygen atoms in total. The number of hydrogen-bond acceptors (Lipinski definition) is 1. The summed E-state index contributed by atoms with van der Waals surface area (Å²) in [7, 11) is 0. The first kappa shape index (κ1) is 1.58. The van der Waals surface area contributed by atoms with Crippen molar-refractivity contribution in [2.75, 3.05) is 0 Å². The van der Waals surface area contributed by atoms with Gasteiger partial charge < -0.3 is 5.11 Å². The van der Waals surface area contributed by atoms with Crippen LogP contribution in [0.1, 0.15) is 52.5 Å². The standard InChI is InChI=1S/C8H16O/c1-2-7-3-5-8(9)6-4-7/h7-9H,2-6H2,1H3/i3D2,4D2,5D2,6D2,7D,8D. The Balaban J connectivity index is 3.76. The zero-order chi connectivity index (χ0) is 15.7. The third-order valence-corrected chi connectivity index (χ3v) is 1.02. The van der Waals surface area contributed by atoms with E-state index in [0.29, 0.717) is 0 Å². The molecule has 0 aromatic rings.